The fourth-order valence-corrected chi connectivity index (χ4v) is 2.21. The van der Waals surface area contributed by atoms with Crippen LogP contribution in [0.15, 0.2) is 34.1 Å². The number of nitrogens with zero attached hydrogens (tertiary/aromatic N) is 2. The maximum Gasteiger partial charge on any atom is 0.300 e. The summed E-state index contributed by atoms with van der Waals surface area (Å²) in [5.41, 5.74) is 8.91. The molecule has 124 valence electrons. The highest BCUT2D eigenvalue weighted by molar-refractivity contribution is 6.21. The minimum absolute atomic E-state index is 0.330. The van der Waals surface area contributed by atoms with Crippen molar-refractivity contribution in [2.75, 3.05) is 0 Å². The molecule has 1 aromatic heterocycles. The Morgan fingerprint density at radius 1 is 1.42 bits per heavy atom. The first kappa shape index (κ1) is 16.9. The van der Waals surface area contributed by atoms with Crippen LogP contribution in [0, 0.1) is 12.3 Å². The highest BCUT2D eigenvalue weighted by Gasteiger charge is 2.15. The summed E-state index contributed by atoms with van der Waals surface area (Å²) in [4.78, 5) is 25.5. The molecule has 0 saturated heterocycles. The van der Waals surface area contributed by atoms with Crippen LogP contribution in [0.4, 0.5) is 5.69 Å². The Hall–Kier alpha value is -3.42. The molecule has 0 amide bonds. The van der Waals surface area contributed by atoms with Gasteiger partial charge in [-0.3, -0.25) is 25.1 Å². The van der Waals surface area contributed by atoms with Gasteiger partial charge in [-0.2, -0.15) is 4.68 Å². The molecular weight excluding hydrogens is 310 g/mol. The Balaban J connectivity index is 0.000000471. The van der Waals surface area contributed by atoms with Crippen molar-refractivity contribution in [3.63, 3.8) is 0 Å². The van der Waals surface area contributed by atoms with E-state index in [1.807, 2.05) is 24.3 Å². The molecule has 8 nitrogen and oxygen atoms in total. The molecule has 5 N–H and O–H groups in total. The van der Waals surface area contributed by atoms with Crippen molar-refractivity contribution in [2.24, 2.45) is 10.7 Å². The zero-order valence-electron chi connectivity index (χ0n) is 13.2. The van der Waals surface area contributed by atoms with Crippen LogP contribution < -0.4 is 11.3 Å². The number of aromatic nitrogens is 2. The number of nitrogen functional groups attached to an aromatic ring is 1. The summed E-state index contributed by atoms with van der Waals surface area (Å²) in [6, 6.07) is 7.73. The lowest BCUT2D eigenvalue weighted by molar-refractivity contribution is -0.134. The number of benzene rings is 1. The summed E-state index contributed by atoms with van der Waals surface area (Å²) in [7, 11) is 0. The number of carboxylic acids is 1. The predicted octanol–water partition coefficient (Wildman–Crippen LogP) is 1.57. The Kier molecular flexibility index (Phi) is 4.78. The molecule has 0 bridgehead atoms. The molecule has 24 heavy (non-hydrogen) atoms. The van der Waals surface area contributed by atoms with Gasteiger partial charge in [0.1, 0.15) is 0 Å². The van der Waals surface area contributed by atoms with Gasteiger partial charge in [-0.25, -0.2) is 0 Å². The first-order chi connectivity index (χ1) is 11.3. The monoisotopic (exact) mass is 327 g/mol. The number of rotatable bonds is 1. The van der Waals surface area contributed by atoms with Gasteiger partial charge in [-0.05, 0) is 19.1 Å². The normalized spacial score (nSPS) is 13.3. The van der Waals surface area contributed by atoms with Gasteiger partial charge in [-0.1, -0.05) is 18.2 Å². The molecule has 3 rings (SSSR count). The molecule has 0 atom stereocenters. The third-order valence-electron chi connectivity index (χ3n) is 3.22. The number of nitrogens with one attached hydrogen (secondary N) is 2. The van der Waals surface area contributed by atoms with Gasteiger partial charge < -0.3 is 10.8 Å². The van der Waals surface area contributed by atoms with E-state index in [-0.39, 0.29) is 11.5 Å². The van der Waals surface area contributed by atoms with Crippen molar-refractivity contribution in [2.45, 2.75) is 13.8 Å². The first-order valence-electron chi connectivity index (χ1n) is 7.02. The number of hydrogen-bond acceptors (Lipinski definition) is 4. The van der Waals surface area contributed by atoms with E-state index >= 15 is 0 Å². The fourth-order valence-electron chi connectivity index (χ4n) is 2.21. The SMILES string of the molecule is CC(=O)O.Cc1[nH]n(C(=N)N)c(=O)c1C=C1C=Nc2ccccc21. The van der Waals surface area contributed by atoms with Crippen LogP contribution in [0.3, 0.4) is 0 Å². The predicted molar refractivity (Wildman–Crippen MR) is 92.9 cm³/mol. The number of hydrogen-bond donors (Lipinski definition) is 4. The number of fused-ring (bicyclic) bond motifs is 1. The van der Waals surface area contributed by atoms with E-state index in [2.05, 4.69) is 10.1 Å². The number of aromatic amines is 1. The molecule has 0 aliphatic carbocycles. The van der Waals surface area contributed by atoms with Crippen molar-refractivity contribution in [1.29, 1.82) is 5.41 Å². The number of para-hydroxylation sites is 1. The molecule has 1 aliphatic heterocycles. The Morgan fingerprint density at radius 3 is 2.62 bits per heavy atom. The van der Waals surface area contributed by atoms with Crippen LogP contribution in [0.25, 0.3) is 11.6 Å². The summed E-state index contributed by atoms with van der Waals surface area (Å²) in [5, 5.41) is 17.5. The van der Waals surface area contributed by atoms with Gasteiger partial charge in [-0.15, -0.1) is 0 Å². The van der Waals surface area contributed by atoms with Crippen LogP contribution in [-0.4, -0.2) is 33.0 Å². The molecule has 2 aromatic rings. The summed E-state index contributed by atoms with van der Waals surface area (Å²) in [5.74, 6) is -1.16. The van der Waals surface area contributed by atoms with Crippen molar-refractivity contribution in [3.05, 3.63) is 51.4 Å². The molecule has 0 spiro atoms. The van der Waals surface area contributed by atoms with E-state index in [1.54, 1.807) is 19.2 Å². The lowest BCUT2D eigenvalue weighted by Crippen LogP contribution is -2.31. The third kappa shape index (κ3) is 3.49. The van der Waals surface area contributed by atoms with Crippen molar-refractivity contribution < 1.29 is 9.90 Å². The fraction of sp³-hybridized carbons (Fsp3) is 0.125. The molecule has 1 aromatic carbocycles. The van der Waals surface area contributed by atoms with Crippen LogP contribution in [-0.2, 0) is 4.79 Å². The maximum absolute atomic E-state index is 12.2. The maximum atomic E-state index is 12.2. The average molecular weight is 327 g/mol. The average Bonchev–Trinajstić information content (AvgIpc) is 3.03. The zero-order chi connectivity index (χ0) is 17.9. The van der Waals surface area contributed by atoms with Gasteiger partial charge in [0.15, 0.2) is 0 Å². The molecule has 1 aliphatic rings. The summed E-state index contributed by atoms with van der Waals surface area (Å²) < 4.78 is 1.01. The summed E-state index contributed by atoms with van der Waals surface area (Å²) in [6.07, 6.45) is 3.50. The van der Waals surface area contributed by atoms with E-state index in [9.17, 15) is 4.79 Å². The molecule has 2 heterocycles. The Morgan fingerprint density at radius 2 is 2.04 bits per heavy atom. The molecule has 0 saturated carbocycles. The second kappa shape index (κ2) is 6.78. The number of H-pyrrole nitrogens is 1. The van der Waals surface area contributed by atoms with E-state index < -0.39 is 5.97 Å². The number of nitrogens with two attached hydrogens (primary N) is 1. The van der Waals surface area contributed by atoms with Crippen LogP contribution in [0.5, 0.6) is 0 Å². The molecular formula is C16H17N5O3. The van der Waals surface area contributed by atoms with Crippen LogP contribution in [0.1, 0.15) is 23.7 Å². The first-order valence-corrected chi connectivity index (χ1v) is 7.02. The number of allylic oxidation sites excluding steroid dienone is 1. The van der Waals surface area contributed by atoms with Crippen LogP contribution >= 0.6 is 0 Å². The third-order valence-corrected chi connectivity index (χ3v) is 3.22. The Labute approximate surface area is 137 Å². The smallest absolute Gasteiger partial charge is 0.300 e. The van der Waals surface area contributed by atoms with E-state index in [0.29, 0.717) is 11.3 Å². The number of carbonyl (C=O) groups is 1. The van der Waals surface area contributed by atoms with Gasteiger partial charge in [0.05, 0.1) is 11.3 Å². The number of carboxylic acid groups (broad SMARTS) is 1. The summed E-state index contributed by atoms with van der Waals surface area (Å²) in [6.45, 7) is 2.85. The number of aryl methyl sites for hydroxylation is 1. The van der Waals surface area contributed by atoms with E-state index in [1.165, 1.54) is 0 Å². The van der Waals surface area contributed by atoms with Gasteiger partial charge in [0, 0.05) is 30.0 Å². The summed E-state index contributed by atoms with van der Waals surface area (Å²) >= 11 is 0. The standard InChI is InChI=1S/C14H13N5O.C2H4O2/c1-8-11(13(20)19(18-8)14(15)16)6-9-7-17-12-5-3-2-4-10(9)12;1-2(3)4/h2-7,18H,1H3,(H3,15,16);1H3,(H,3,4). The molecule has 0 unspecified atom stereocenters. The Bertz CT molecular complexity index is 914. The molecule has 0 radical (unpaired) electrons. The number of aliphatic imine (C=N–C) groups is 1. The largest absolute Gasteiger partial charge is 0.481 e. The minimum atomic E-state index is -0.833. The number of aliphatic carboxylic acids is 1. The quantitative estimate of drug-likeness (QED) is 0.466. The van der Waals surface area contributed by atoms with Crippen molar-refractivity contribution in [1.82, 2.24) is 9.78 Å². The van der Waals surface area contributed by atoms with Gasteiger partial charge >= 0.3 is 0 Å². The van der Waals surface area contributed by atoms with Crippen LogP contribution in [0.2, 0.25) is 0 Å². The lowest BCUT2D eigenvalue weighted by Gasteiger charge is -1.97. The topological polar surface area (TPSA) is 137 Å². The molecule has 8 heteroatoms. The minimum Gasteiger partial charge on any atom is -0.481 e. The van der Waals surface area contributed by atoms with Crippen molar-refractivity contribution in [3.8, 4) is 0 Å². The highest BCUT2D eigenvalue weighted by Crippen LogP contribution is 2.31. The zero-order valence-corrected chi connectivity index (χ0v) is 13.2. The van der Waals surface area contributed by atoms with Crippen molar-refractivity contribution >= 4 is 35.5 Å². The van der Waals surface area contributed by atoms with E-state index in [4.69, 9.17) is 21.0 Å². The van der Waals surface area contributed by atoms with Gasteiger partial charge in [0.25, 0.3) is 11.5 Å². The second-order valence-corrected chi connectivity index (χ2v) is 5.07. The van der Waals surface area contributed by atoms with E-state index in [0.717, 1.165) is 28.4 Å². The second-order valence-electron chi connectivity index (χ2n) is 5.07. The van der Waals surface area contributed by atoms with Gasteiger partial charge in [0.2, 0.25) is 5.96 Å². The molecule has 0 fully saturated rings. The highest BCUT2D eigenvalue weighted by atomic mass is 16.4. The lowest BCUT2D eigenvalue weighted by atomic mass is 10.0.